The molecule has 0 spiro atoms. The van der Waals surface area contributed by atoms with Gasteiger partial charge in [0.15, 0.2) is 0 Å². The van der Waals surface area contributed by atoms with E-state index in [1.54, 1.807) is 0 Å². The maximum Gasteiger partial charge on any atom is 0.137 e. The molecule has 0 radical (unpaired) electrons. The van der Waals surface area contributed by atoms with Crippen molar-refractivity contribution in [2.24, 2.45) is 0 Å². The second kappa shape index (κ2) is 9.17. The second-order valence-corrected chi connectivity index (χ2v) is 13.4. The minimum absolute atomic E-state index is 0.896. The Morgan fingerprint density at radius 2 is 1.09 bits per heavy atom. The van der Waals surface area contributed by atoms with Crippen LogP contribution in [-0.2, 0) is 0 Å². The van der Waals surface area contributed by atoms with Crippen molar-refractivity contribution in [3.8, 4) is 0 Å². The molecule has 10 aromatic rings. The number of anilines is 3. The first kappa shape index (κ1) is 24.3. The Bertz CT molecular complexity index is 2730. The van der Waals surface area contributed by atoms with Gasteiger partial charge < -0.3 is 9.32 Å². The minimum Gasteiger partial charge on any atom is -0.456 e. The zero-order valence-corrected chi connectivity index (χ0v) is 25.1. The third kappa shape index (κ3) is 3.47. The van der Waals surface area contributed by atoms with E-state index in [4.69, 9.17) is 4.42 Å². The number of hydrogen-bond acceptors (Lipinski definition) is 4. The van der Waals surface area contributed by atoms with E-state index < -0.39 is 0 Å². The molecule has 0 aliphatic carbocycles. The number of para-hydroxylation sites is 2. The zero-order valence-electron chi connectivity index (χ0n) is 23.5. The predicted molar refractivity (Wildman–Crippen MR) is 192 cm³/mol. The molecule has 206 valence electrons. The SMILES string of the molecule is c1ccc(N(c2ccc3c(c2)oc2ccccc23)c2ccc3c(c2)sc2ccc4c5ccc6ccccc6c5sc4c23)cc1. The number of thiophene rings is 2. The highest BCUT2D eigenvalue weighted by atomic mass is 32.1. The molecule has 0 saturated heterocycles. The standard InChI is InChI=1S/C40H23NOS2/c1-2-9-25(10-3-1)41(26-15-18-30-29-12-6-7-13-34(29)42-35(30)22-26)27-16-19-33-37(23-27)43-36-21-20-32-31-17-14-24-8-4-5-11-28(24)39(31)44-40(32)38(33)36/h1-23H. The Balaban J connectivity index is 1.19. The van der Waals surface area contributed by atoms with Crippen LogP contribution in [-0.4, -0.2) is 0 Å². The average molecular weight is 598 g/mol. The van der Waals surface area contributed by atoms with Crippen LogP contribution in [0.2, 0.25) is 0 Å². The van der Waals surface area contributed by atoms with Crippen molar-refractivity contribution in [1.29, 1.82) is 0 Å². The molecule has 3 aromatic heterocycles. The summed E-state index contributed by atoms with van der Waals surface area (Å²) in [6.07, 6.45) is 0. The molecule has 0 N–H and O–H groups in total. The third-order valence-electron chi connectivity index (χ3n) is 8.84. The fourth-order valence-electron chi connectivity index (χ4n) is 6.83. The zero-order chi connectivity index (χ0) is 28.8. The number of benzene rings is 7. The van der Waals surface area contributed by atoms with Gasteiger partial charge in [-0.1, -0.05) is 84.9 Å². The third-order valence-corrected chi connectivity index (χ3v) is 11.2. The van der Waals surface area contributed by atoms with Gasteiger partial charge in [0.05, 0.1) is 0 Å². The maximum absolute atomic E-state index is 6.29. The molecule has 0 bridgehead atoms. The predicted octanol–water partition coefficient (Wildman–Crippen LogP) is 12.9. The lowest BCUT2D eigenvalue weighted by Crippen LogP contribution is -2.09. The van der Waals surface area contributed by atoms with Crippen LogP contribution in [0.4, 0.5) is 17.1 Å². The van der Waals surface area contributed by atoms with E-state index in [0.717, 1.165) is 39.0 Å². The molecule has 0 amide bonds. The molecule has 0 aliphatic rings. The van der Waals surface area contributed by atoms with Crippen molar-refractivity contribution in [3.63, 3.8) is 0 Å². The van der Waals surface area contributed by atoms with Crippen molar-refractivity contribution in [2.75, 3.05) is 4.90 Å². The van der Waals surface area contributed by atoms with Gasteiger partial charge in [0.1, 0.15) is 11.2 Å². The van der Waals surface area contributed by atoms with Crippen molar-refractivity contribution in [3.05, 3.63) is 140 Å². The summed E-state index contributed by atoms with van der Waals surface area (Å²) in [6.45, 7) is 0. The first-order valence-electron chi connectivity index (χ1n) is 14.8. The largest absolute Gasteiger partial charge is 0.456 e. The van der Waals surface area contributed by atoms with Gasteiger partial charge in [-0.2, -0.15) is 0 Å². The molecular formula is C40H23NOS2. The highest BCUT2D eigenvalue weighted by Gasteiger charge is 2.19. The van der Waals surface area contributed by atoms with Gasteiger partial charge in [0, 0.05) is 74.2 Å². The Kier molecular flexibility index (Phi) is 5.06. The first-order valence-corrected chi connectivity index (χ1v) is 16.4. The van der Waals surface area contributed by atoms with E-state index in [2.05, 4.69) is 132 Å². The molecule has 7 aromatic carbocycles. The lowest BCUT2D eigenvalue weighted by Gasteiger charge is -2.25. The lowest BCUT2D eigenvalue weighted by molar-refractivity contribution is 0.669. The van der Waals surface area contributed by atoms with Crippen LogP contribution < -0.4 is 4.90 Å². The number of hydrogen-bond donors (Lipinski definition) is 0. The average Bonchev–Trinajstić information content (AvgIpc) is 3.76. The normalized spacial score (nSPS) is 12.1. The summed E-state index contributed by atoms with van der Waals surface area (Å²) in [5.74, 6) is 0. The highest BCUT2D eigenvalue weighted by Crippen LogP contribution is 2.47. The second-order valence-electron chi connectivity index (χ2n) is 11.3. The van der Waals surface area contributed by atoms with Crippen molar-refractivity contribution in [2.45, 2.75) is 0 Å². The van der Waals surface area contributed by atoms with Gasteiger partial charge in [-0.3, -0.25) is 0 Å². The van der Waals surface area contributed by atoms with E-state index in [0.29, 0.717) is 0 Å². The topological polar surface area (TPSA) is 16.4 Å². The fourth-order valence-corrected chi connectivity index (χ4v) is 9.44. The van der Waals surface area contributed by atoms with Gasteiger partial charge in [0.2, 0.25) is 0 Å². The van der Waals surface area contributed by atoms with Crippen LogP contribution in [0.15, 0.2) is 144 Å². The Morgan fingerprint density at radius 1 is 0.409 bits per heavy atom. The van der Waals surface area contributed by atoms with Gasteiger partial charge in [-0.05, 0) is 59.3 Å². The van der Waals surface area contributed by atoms with Gasteiger partial charge in [-0.25, -0.2) is 0 Å². The van der Waals surface area contributed by atoms with E-state index in [1.165, 1.54) is 51.1 Å². The van der Waals surface area contributed by atoms with Crippen LogP contribution in [0, 0.1) is 0 Å². The Hall–Kier alpha value is -5.16. The molecule has 10 rings (SSSR count). The molecular weight excluding hydrogens is 575 g/mol. The maximum atomic E-state index is 6.29. The van der Waals surface area contributed by atoms with Crippen LogP contribution in [0.3, 0.4) is 0 Å². The molecule has 3 heterocycles. The van der Waals surface area contributed by atoms with Gasteiger partial charge in [-0.15, -0.1) is 22.7 Å². The Morgan fingerprint density at radius 3 is 2.00 bits per heavy atom. The number of nitrogens with zero attached hydrogens (tertiary/aromatic N) is 1. The summed E-state index contributed by atoms with van der Waals surface area (Å²) < 4.78 is 11.7. The van der Waals surface area contributed by atoms with E-state index in [9.17, 15) is 0 Å². The molecule has 0 unspecified atom stereocenters. The van der Waals surface area contributed by atoms with Crippen molar-refractivity contribution < 1.29 is 4.42 Å². The smallest absolute Gasteiger partial charge is 0.137 e. The quantitative estimate of drug-likeness (QED) is 0.201. The van der Waals surface area contributed by atoms with Crippen LogP contribution >= 0.6 is 22.7 Å². The molecule has 0 fully saturated rings. The summed E-state index contributed by atoms with van der Waals surface area (Å²) >= 11 is 3.81. The molecule has 0 atom stereocenters. The van der Waals surface area contributed by atoms with Crippen molar-refractivity contribution >= 4 is 113 Å². The summed E-state index contributed by atoms with van der Waals surface area (Å²) in [6, 6.07) is 50.3. The first-order chi connectivity index (χ1) is 21.8. The van der Waals surface area contributed by atoms with E-state index >= 15 is 0 Å². The number of furan rings is 1. The van der Waals surface area contributed by atoms with Gasteiger partial charge in [0.25, 0.3) is 0 Å². The highest BCUT2D eigenvalue weighted by molar-refractivity contribution is 7.30. The molecule has 0 aliphatic heterocycles. The van der Waals surface area contributed by atoms with Crippen LogP contribution in [0.1, 0.15) is 0 Å². The van der Waals surface area contributed by atoms with Gasteiger partial charge >= 0.3 is 0 Å². The van der Waals surface area contributed by atoms with Crippen LogP contribution in [0.25, 0.3) is 73.1 Å². The summed E-state index contributed by atoms with van der Waals surface area (Å²) in [5.41, 5.74) is 5.12. The molecule has 44 heavy (non-hydrogen) atoms. The Labute approximate surface area is 260 Å². The summed E-state index contributed by atoms with van der Waals surface area (Å²) in [4.78, 5) is 2.33. The lowest BCUT2D eigenvalue weighted by atomic mass is 10.0. The van der Waals surface area contributed by atoms with E-state index in [1.807, 2.05) is 34.8 Å². The van der Waals surface area contributed by atoms with Crippen molar-refractivity contribution in [1.82, 2.24) is 0 Å². The van der Waals surface area contributed by atoms with Crippen LogP contribution in [0.5, 0.6) is 0 Å². The molecule has 4 heteroatoms. The molecule has 2 nitrogen and oxygen atoms in total. The van der Waals surface area contributed by atoms with E-state index in [-0.39, 0.29) is 0 Å². The molecule has 0 saturated carbocycles. The summed E-state index contributed by atoms with van der Waals surface area (Å²) in [5, 5.41) is 10.3. The fraction of sp³-hybridized carbons (Fsp3) is 0. The number of rotatable bonds is 3. The minimum atomic E-state index is 0.896. The monoisotopic (exact) mass is 597 g/mol. The number of fused-ring (bicyclic) bond motifs is 12. The summed E-state index contributed by atoms with van der Waals surface area (Å²) in [7, 11) is 0.